The third-order valence-corrected chi connectivity index (χ3v) is 9.49. The molecular weight excluding hydrogens is 595 g/mol. The fourth-order valence-corrected chi connectivity index (χ4v) is 7.62. The maximum absolute atomic E-state index is 14.9. The third-order valence-electron chi connectivity index (χ3n) is 9.00. The second kappa shape index (κ2) is 10.9. The Hall–Kier alpha value is -3.04. The number of anilines is 1. The van der Waals surface area contributed by atoms with Gasteiger partial charge in [-0.25, -0.2) is 4.39 Å². The molecule has 0 radical (unpaired) electrons. The van der Waals surface area contributed by atoms with Crippen molar-refractivity contribution in [2.75, 3.05) is 5.32 Å². The Labute approximate surface area is 250 Å². The first-order valence-corrected chi connectivity index (χ1v) is 14.7. The summed E-state index contributed by atoms with van der Waals surface area (Å²) in [5.41, 5.74) is -0.921. The minimum atomic E-state index is -4.69. The van der Waals surface area contributed by atoms with Crippen molar-refractivity contribution in [1.29, 1.82) is 0 Å². The number of ether oxygens (including phenoxy) is 1. The van der Waals surface area contributed by atoms with Gasteiger partial charge in [-0.05, 0) is 79.5 Å². The van der Waals surface area contributed by atoms with E-state index in [1.807, 2.05) is 0 Å². The summed E-state index contributed by atoms with van der Waals surface area (Å²) in [6.45, 7) is 0. The third kappa shape index (κ3) is 4.98. The molecule has 2 heterocycles. The Bertz CT molecular complexity index is 1490. The highest BCUT2D eigenvalue weighted by Crippen LogP contribution is 2.60. The van der Waals surface area contributed by atoms with Crippen molar-refractivity contribution in [2.24, 2.45) is 17.8 Å². The van der Waals surface area contributed by atoms with E-state index in [-0.39, 0.29) is 22.4 Å². The van der Waals surface area contributed by atoms with E-state index in [1.54, 1.807) is 12.1 Å². The van der Waals surface area contributed by atoms with Crippen LogP contribution in [0.5, 0.6) is 5.75 Å². The van der Waals surface area contributed by atoms with Crippen LogP contribution in [0.25, 0.3) is 0 Å². The minimum absolute atomic E-state index is 0.0694. The first-order valence-electron chi connectivity index (χ1n) is 14.0. The second-order valence-electron chi connectivity index (χ2n) is 11.4. The fourth-order valence-electron chi connectivity index (χ4n) is 7.23. The summed E-state index contributed by atoms with van der Waals surface area (Å²) in [7, 11) is 0. The van der Waals surface area contributed by atoms with E-state index in [0.29, 0.717) is 16.3 Å². The number of carbonyl (C=O) groups excluding carboxylic acids is 2. The lowest BCUT2D eigenvalue weighted by Gasteiger charge is -2.50. The number of rotatable bonds is 4. The smallest absolute Gasteiger partial charge is 0.395 e. The summed E-state index contributed by atoms with van der Waals surface area (Å²) in [5, 5.41) is 6.04. The van der Waals surface area contributed by atoms with E-state index in [0.717, 1.165) is 38.2 Å². The van der Waals surface area contributed by atoms with Gasteiger partial charge >= 0.3 is 6.18 Å². The maximum atomic E-state index is 14.9. The molecule has 1 spiro atoms. The standard InChI is InChI=1S/C31H28Cl2F4N2O3/c32-16-6-9-22(31(35,36)37)20(12-16)24-15-27(40)39-28(30(24)23-10-7-17(33)13-25(23)38-29(30)41)21-14-18(34)8-11-26(21)42-19-4-2-1-3-5-19/h6-14,19-20,22,24,28H,1-5,15H2,(H,38,41)(H,39,40)/t20?,22?,24-,28+,30-/m0/s1. The summed E-state index contributed by atoms with van der Waals surface area (Å²) >= 11 is 12.5. The Morgan fingerprint density at radius 3 is 2.50 bits per heavy atom. The highest BCUT2D eigenvalue weighted by molar-refractivity contribution is 6.31. The van der Waals surface area contributed by atoms with Gasteiger partial charge in [0.1, 0.15) is 17.0 Å². The molecular formula is C31H28Cl2F4N2O3. The largest absolute Gasteiger partial charge is 0.490 e. The second-order valence-corrected chi connectivity index (χ2v) is 12.3. The summed E-state index contributed by atoms with van der Waals surface area (Å²) in [5.74, 6) is -6.16. The van der Waals surface area contributed by atoms with Gasteiger partial charge in [0, 0.05) is 27.7 Å². The van der Waals surface area contributed by atoms with Crippen LogP contribution in [0.3, 0.4) is 0 Å². The van der Waals surface area contributed by atoms with Crippen LogP contribution in [0.4, 0.5) is 23.2 Å². The average molecular weight is 623 g/mol. The first kappa shape index (κ1) is 29.1. The van der Waals surface area contributed by atoms with Crippen molar-refractivity contribution in [3.05, 3.63) is 81.6 Å². The molecule has 4 aliphatic rings. The lowest BCUT2D eigenvalue weighted by atomic mass is 9.55. The summed E-state index contributed by atoms with van der Waals surface area (Å²) in [6, 6.07) is 7.27. The van der Waals surface area contributed by atoms with Crippen molar-refractivity contribution in [1.82, 2.24) is 5.32 Å². The number of amides is 2. The molecule has 5 atom stereocenters. The van der Waals surface area contributed by atoms with Crippen LogP contribution in [-0.4, -0.2) is 24.1 Å². The van der Waals surface area contributed by atoms with Gasteiger partial charge < -0.3 is 15.4 Å². The van der Waals surface area contributed by atoms with Gasteiger partial charge in [0.2, 0.25) is 11.8 Å². The molecule has 1 saturated heterocycles. The number of piperidine rings is 1. The van der Waals surface area contributed by atoms with Crippen LogP contribution in [-0.2, 0) is 15.0 Å². The van der Waals surface area contributed by atoms with Gasteiger partial charge in [-0.1, -0.05) is 47.8 Å². The molecule has 0 aromatic heterocycles. The predicted molar refractivity (Wildman–Crippen MR) is 151 cm³/mol. The number of carbonyl (C=O) groups is 2. The first-order chi connectivity index (χ1) is 20.0. The Kier molecular flexibility index (Phi) is 7.54. The summed E-state index contributed by atoms with van der Waals surface area (Å²) in [6.07, 6.45) is 2.75. The van der Waals surface area contributed by atoms with Crippen LogP contribution in [0, 0.1) is 23.6 Å². The van der Waals surface area contributed by atoms with Crippen LogP contribution in [0.15, 0.2) is 59.7 Å². The van der Waals surface area contributed by atoms with Gasteiger partial charge in [0.25, 0.3) is 0 Å². The van der Waals surface area contributed by atoms with E-state index >= 15 is 0 Å². The number of allylic oxidation sites excluding steroid dienone is 4. The average Bonchev–Trinajstić information content (AvgIpc) is 3.21. The summed E-state index contributed by atoms with van der Waals surface area (Å²) < 4.78 is 64.7. The van der Waals surface area contributed by atoms with Gasteiger partial charge in [0.15, 0.2) is 0 Å². The topological polar surface area (TPSA) is 67.4 Å². The van der Waals surface area contributed by atoms with Crippen LogP contribution < -0.4 is 15.4 Å². The lowest BCUT2D eigenvalue weighted by Crippen LogP contribution is -2.60. The number of nitrogens with one attached hydrogen (secondary N) is 2. The molecule has 222 valence electrons. The Morgan fingerprint density at radius 1 is 1.00 bits per heavy atom. The molecule has 2 amide bonds. The molecule has 6 rings (SSSR count). The minimum Gasteiger partial charge on any atom is -0.490 e. The van der Waals surface area contributed by atoms with Crippen molar-refractivity contribution >= 4 is 40.7 Å². The van der Waals surface area contributed by atoms with Crippen molar-refractivity contribution in [2.45, 2.75) is 62.3 Å². The molecule has 5 nitrogen and oxygen atoms in total. The molecule has 2 aliphatic carbocycles. The molecule has 1 saturated carbocycles. The van der Waals surface area contributed by atoms with Crippen LogP contribution >= 0.6 is 23.2 Å². The number of benzene rings is 2. The molecule has 11 heteroatoms. The zero-order chi connectivity index (χ0) is 29.8. The van der Waals surface area contributed by atoms with Crippen molar-refractivity contribution < 1.29 is 31.9 Å². The van der Waals surface area contributed by atoms with E-state index in [2.05, 4.69) is 10.6 Å². The van der Waals surface area contributed by atoms with Crippen LogP contribution in [0.1, 0.15) is 55.7 Å². The monoisotopic (exact) mass is 622 g/mol. The molecule has 2 N–H and O–H groups in total. The molecule has 2 aromatic rings. The maximum Gasteiger partial charge on any atom is 0.395 e. The SMILES string of the molecule is O=C1C[C@@H](C2C=C(Cl)C=CC2C(F)(F)F)[C@]2(C(=O)Nc3cc(Cl)ccc32)[C@@H](c2cc(F)ccc2OC2CCCCC2)N1. The fraction of sp³-hybridized carbons (Fsp3) is 0.419. The van der Waals surface area contributed by atoms with Gasteiger partial charge in [0.05, 0.1) is 18.1 Å². The number of hydrogen-bond donors (Lipinski definition) is 2. The van der Waals surface area contributed by atoms with Gasteiger partial charge in [-0.2, -0.15) is 13.2 Å². The Balaban J connectivity index is 1.58. The van der Waals surface area contributed by atoms with Crippen molar-refractivity contribution in [3.8, 4) is 5.75 Å². The molecule has 0 bridgehead atoms. The normalized spacial score (nSPS) is 29.6. The quantitative estimate of drug-likeness (QED) is 0.343. The molecule has 2 fully saturated rings. The van der Waals surface area contributed by atoms with E-state index < -0.39 is 59.4 Å². The molecule has 2 aliphatic heterocycles. The van der Waals surface area contributed by atoms with Gasteiger partial charge in [-0.3, -0.25) is 9.59 Å². The molecule has 2 unspecified atom stereocenters. The zero-order valence-corrected chi connectivity index (χ0v) is 23.8. The number of alkyl halides is 3. The van der Waals surface area contributed by atoms with E-state index in [9.17, 15) is 27.2 Å². The van der Waals surface area contributed by atoms with Crippen LogP contribution in [0.2, 0.25) is 5.02 Å². The molecule has 42 heavy (non-hydrogen) atoms. The molecule has 2 aromatic carbocycles. The Morgan fingerprint density at radius 2 is 1.76 bits per heavy atom. The zero-order valence-electron chi connectivity index (χ0n) is 22.3. The predicted octanol–water partition coefficient (Wildman–Crippen LogP) is 7.75. The van der Waals surface area contributed by atoms with Crippen molar-refractivity contribution in [3.63, 3.8) is 0 Å². The lowest BCUT2D eigenvalue weighted by molar-refractivity contribution is -0.180. The van der Waals surface area contributed by atoms with Gasteiger partial charge in [-0.15, -0.1) is 0 Å². The highest BCUT2D eigenvalue weighted by atomic mass is 35.5. The van der Waals surface area contributed by atoms with E-state index in [1.165, 1.54) is 36.4 Å². The number of hydrogen-bond acceptors (Lipinski definition) is 3. The number of fused-ring (bicyclic) bond motifs is 2. The number of halogens is 6. The highest BCUT2D eigenvalue weighted by Gasteiger charge is 2.64. The summed E-state index contributed by atoms with van der Waals surface area (Å²) in [4.78, 5) is 27.7. The van der Waals surface area contributed by atoms with E-state index in [4.69, 9.17) is 27.9 Å².